The van der Waals surface area contributed by atoms with Gasteiger partial charge >= 0.3 is 0 Å². The molecule has 84 valence electrons. The smallest absolute Gasteiger partial charge is 0.117 e. The fourth-order valence-electron chi connectivity index (χ4n) is 2.08. The quantitative estimate of drug-likeness (QED) is 0.824. The summed E-state index contributed by atoms with van der Waals surface area (Å²) >= 11 is 0. The summed E-state index contributed by atoms with van der Waals surface area (Å²) in [6.07, 6.45) is 2.62. The van der Waals surface area contributed by atoms with Gasteiger partial charge in [-0.1, -0.05) is 0 Å². The normalized spacial score (nSPS) is 15.8. The van der Waals surface area contributed by atoms with E-state index in [-0.39, 0.29) is 0 Å². The first kappa shape index (κ1) is 9.73. The van der Waals surface area contributed by atoms with Crippen molar-refractivity contribution in [3.8, 4) is 5.75 Å². The van der Waals surface area contributed by atoms with Gasteiger partial charge in [0, 0.05) is 36.8 Å². The molecule has 1 aliphatic rings. The van der Waals surface area contributed by atoms with Gasteiger partial charge in [-0.05, 0) is 31.0 Å². The Hall–Kier alpha value is -1.48. The van der Waals surface area contributed by atoms with Crippen LogP contribution in [0.2, 0.25) is 0 Å². The van der Waals surface area contributed by atoms with E-state index in [9.17, 15) is 5.11 Å². The van der Waals surface area contributed by atoms with Crippen LogP contribution in [0.3, 0.4) is 0 Å². The van der Waals surface area contributed by atoms with Gasteiger partial charge in [0.2, 0.25) is 0 Å². The summed E-state index contributed by atoms with van der Waals surface area (Å²) in [6.45, 7) is 0.913. The Bertz CT molecular complexity index is 526. The maximum absolute atomic E-state index is 9.46. The van der Waals surface area contributed by atoms with Crippen LogP contribution >= 0.6 is 0 Å². The SMILES string of the molecule is Cn1c(CNC2CC2)cc2ccc(O)cc21. The molecular formula is C13H16N2O. The third-order valence-electron chi connectivity index (χ3n) is 3.28. The number of fused-ring (bicyclic) bond motifs is 1. The second kappa shape index (κ2) is 3.52. The lowest BCUT2D eigenvalue weighted by atomic mass is 10.2. The summed E-state index contributed by atoms with van der Waals surface area (Å²) in [7, 11) is 2.05. The first-order valence-electron chi connectivity index (χ1n) is 5.75. The molecule has 2 N–H and O–H groups in total. The third-order valence-corrected chi connectivity index (χ3v) is 3.28. The number of nitrogens with zero attached hydrogens (tertiary/aromatic N) is 1. The van der Waals surface area contributed by atoms with E-state index in [1.807, 2.05) is 19.2 Å². The number of phenolic OH excluding ortho intramolecular Hbond substituents is 1. The number of aryl methyl sites for hydroxylation is 1. The van der Waals surface area contributed by atoms with Crippen LogP contribution < -0.4 is 5.32 Å². The molecule has 0 radical (unpaired) electrons. The lowest BCUT2D eigenvalue weighted by Crippen LogP contribution is -2.17. The van der Waals surface area contributed by atoms with Crippen LogP contribution in [-0.4, -0.2) is 15.7 Å². The van der Waals surface area contributed by atoms with E-state index in [2.05, 4.69) is 16.0 Å². The second-order valence-electron chi connectivity index (χ2n) is 4.59. The zero-order valence-corrected chi connectivity index (χ0v) is 9.40. The van der Waals surface area contributed by atoms with Gasteiger partial charge < -0.3 is 15.0 Å². The molecule has 1 saturated carbocycles. The highest BCUT2D eigenvalue weighted by molar-refractivity contribution is 5.82. The highest BCUT2D eigenvalue weighted by Gasteiger charge is 2.20. The minimum absolute atomic E-state index is 0.329. The molecule has 0 saturated heterocycles. The molecule has 3 nitrogen and oxygen atoms in total. The highest BCUT2D eigenvalue weighted by Crippen LogP contribution is 2.24. The molecule has 1 fully saturated rings. The second-order valence-corrected chi connectivity index (χ2v) is 4.59. The van der Waals surface area contributed by atoms with E-state index in [0.29, 0.717) is 5.75 Å². The van der Waals surface area contributed by atoms with Gasteiger partial charge in [-0.2, -0.15) is 0 Å². The molecule has 0 bridgehead atoms. The van der Waals surface area contributed by atoms with Gasteiger partial charge in [0.15, 0.2) is 0 Å². The summed E-state index contributed by atoms with van der Waals surface area (Å²) in [5.74, 6) is 0.329. The van der Waals surface area contributed by atoms with Crippen molar-refractivity contribution < 1.29 is 5.11 Å². The number of benzene rings is 1. The van der Waals surface area contributed by atoms with Crippen molar-refractivity contribution in [2.24, 2.45) is 7.05 Å². The molecule has 0 atom stereocenters. The molecule has 0 aliphatic heterocycles. The molecule has 2 aromatic rings. The Morgan fingerprint density at radius 1 is 1.38 bits per heavy atom. The number of phenols is 1. The topological polar surface area (TPSA) is 37.2 Å². The summed E-state index contributed by atoms with van der Waals surface area (Å²) in [6, 6.07) is 8.43. The van der Waals surface area contributed by atoms with E-state index in [0.717, 1.165) is 18.1 Å². The predicted octanol–water partition coefficient (Wildman–Crippen LogP) is 2.14. The summed E-state index contributed by atoms with van der Waals surface area (Å²) in [5.41, 5.74) is 2.36. The van der Waals surface area contributed by atoms with Gasteiger partial charge in [0.25, 0.3) is 0 Å². The van der Waals surface area contributed by atoms with Crippen LogP contribution in [0.4, 0.5) is 0 Å². The van der Waals surface area contributed by atoms with Gasteiger partial charge in [0.1, 0.15) is 5.75 Å². The molecule has 3 rings (SSSR count). The molecule has 1 aromatic carbocycles. The summed E-state index contributed by atoms with van der Waals surface area (Å²) in [4.78, 5) is 0. The van der Waals surface area contributed by atoms with E-state index < -0.39 is 0 Å². The molecule has 1 aliphatic carbocycles. The average molecular weight is 216 g/mol. The Kier molecular flexibility index (Phi) is 2.14. The third kappa shape index (κ3) is 1.67. The minimum atomic E-state index is 0.329. The molecule has 0 amide bonds. The molecular weight excluding hydrogens is 200 g/mol. The monoisotopic (exact) mass is 216 g/mol. The summed E-state index contributed by atoms with van der Waals surface area (Å²) in [5, 5.41) is 14.2. The van der Waals surface area contributed by atoms with E-state index in [1.54, 1.807) is 6.07 Å². The van der Waals surface area contributed by atoms with E-state index in [4.69, 9.17) is 0 Å². The molecule has 1 aromatic heterocycles. The summed E-state index contributed by atoms with van der Waals surface area (Å²) < 4.78 is 2.14. The van der Waals surface area contributed by atoms with Crippen molar-refractivity contribution in [2.45, 2.75) is 25.4 Å². The largest absolute Gasteiger partial charge is 0.508 e. The number of aromatic nitrogens is 1. The zero-order chi connectivity index (χ0) is 11.1. The fourth-order valence-corrected chi connectivity index (χ4v) is 2.08. The molecule has 0 unspecified atom stereocenters. The number of hydrogen-bond acceptors (Lipinski definition) is 2. The van der Waals surface area contributed by atoms with Crippen LogP contribution in [-0.2, 0) is 13.6 Å². The lowest BCUT2D eigenvalue weighted by molar-refractivity contribution is 0.476. The minimum Gasteiger partial charge on any atom is -0.508 e. The van der Waals surface area contributed by atoms with Crippen LogP contribution in [0.5, 0.6) is 5.75 Å². The Labute approximate surface area is 94.7 Å². The first-order valence-corrected chi connectivity index (χ1v) is 5.75. The highest BCUT2D eigenvalue weighted by atomic mass is 16.3. The van der Waals surface area contributed by atoms with Crippen molar-refractivity contribution >= 4 is 10.9 Å². The van der Waals surface area contributed by atoms with Crippen molar-refractivity contribution in [3.05, 3.63) is 30.0 Å². The van der Waals surface area contributed by atoms with E-state index >= 15 is 0 Å². The maximum Gasteiger partial charge on any atom is 0.117 e. The number of hydrogen-bond donors (Lipinski definition) is 2. The molecule has 16 heavy (non-hydrogen) atoms. The Balaban J connectivity index is 1.94. The standard InChI is InChI=1S/C13H16N2O/c1-15-11(8-14-10-3-4-10)6-9-2-5-12(16)7-13(9)15/h2,5-7,10,14,16H,3-4,8H2,1H3. The van der Waals surface area contributed by atoms with Gasteiger partial charge in [-0.3, -0.25) is 0 Å². The maximum atomic E-state index is 9.46. The predicted molar refractivity (Wildman–Crippen MR) is 64.4 cm³/mol. The van der Waals surface area contributed by atoms with Gasteiger partial charge in [-0.15, -0.1) is 0 Å². The number of aromatic hydroxyl groups is 1. The van der Waals surface area contributed by atoms with Crippen LogP contribution in [0.25, 0.3) is 10.9 Å². The first-order chi connectivity index (χ1) is 7.74. The number of nitrogens with one attached hydrogen (secondary N) is 1. The number of rotatable bonds is 3. The van der Waals surface area contributed by atoms with Gasteiger partial charge in [0.05, 0.1) is 5.52 Å². The lowest BCUT2D eigenvalue weighted by Gasteiger charge is -2.05. The zero-order valence-electron chi connectivity index (χ0n) is 9.40. The molecule has 0 spiro atoms. The Morgan fingerprint density at radius 3 is 2.94 bits per heavy atom. The Morgan fingerprint density at radius 2 is 2.19 bits per heavy atom. The van der Waals surface area contributed by atoms with Crippen LogP contribution in [0.15, 0.2) is 24.3 Å². The van der Waals surface area contributed by atoms with E-state index in [1.165, 1.54) is 23.9 Å². The van der Waals surface area contributed by atoms with Crippen molar-refractivity contribution in [3.63, 3.8) is 0 Å². The van der Waals surface area contributed by atoms with Crippen molar-refractivity contribution in [1.82, 2.24) is 9.88 Å². The van der Waals surface area contributed by atoms with Crippen molar-refractivity contribution in [1.29, 1.82) is 0 Å². The molecule has 3 heteroatoms. The fraction of sp³-hybridized carbons (Fsp3) is 0.385. The van der Waals surface area contributed by atoms with Crippen molar-refractivity contribution in [2.75, 3.05) is 0 Å². The van der Waals surface area contributed by atoms with Gasteiger partial charge in [-0.25, -0.2) is 0 Å². The van der Waals surface area contributed by atoms with Crippen LogP contribution in [0.1, 0.15) is 18.5 Å². The van der Waals surface area contributed by atoms with Crippen LogP contribution in [0, 0.1) is 0 Å². The molecule has 1 heterocycles. The average Bonchev–Trinajstić information content (AvgIpc) is 3.04.